The van der Waals surface area contributed by atoms with Crippen LogP contribution in [0.5, 0.6) is 0 Å². The van der Waals surface area contributed by atoms with Crippen molar-refractivity contribution in [3.05, 3.63) is 106 Å². The standard InChI is InChI=1S/C31H31FN2O2S/c32-25-17-15-23(16-18-25)20-33(21-27-12-7-19-37-27)30(35)22-34(26-10-2-1-3-11-26)31(36)29-14-6-9-24-8-4-5-13-28(24)29/h4-9,12-19,26H,1-3,10-11,20-22H2. The molecule has 190 valence electrons. The molecule has 6 heteroatoms. The highest BCUT2D eigenvalue weighted by molar-refractivity contribution is 7.09. The van der Waals surface area contributed by atoms with Crippen molar-refractivity contribution in [3.8, 4) is 0 Å². The molecule has 37 heavy (non-hydrogen) atoms. The van der Waals surface area contributed by atoms with Crippen molar-refractivity contribution in [1.82, 2.24) is 9.80 Å². The quantitative estimate of drug-likeness (QED) is 0.253. The van der Waals surface area contributed by atoms with E-state index in [2.05, 4.69) is 0 Å². The fraction of sp³-hybridized carbons (Fsp3) is 0.290. The van der Waals surface area contributed by atoms with E-state index in [1.54, 1.807) is 28.4 Å². The molecule has 4 aromatic rings. The Morgan fingerprint density at radius 2 is 1.59 bits per heavy atom. The third-order valence-corrected chi connectivity index (χ3v) is 8.03. The summed E-state index contributed by atoms with van der Waals surface area (Å²) in [5.41, 5.74) is 1.50. The van der Waals surface area contributed by atoms with E-state index >= 15 is 0 Å². The van der Waals surface area contributed by atoms with E-state index in [1.165, 1.54) is 12.1 Å². The number of rotatable bonds is 8. The zero-order chi connectivity index (χ0) is 25.6. The SMILES string of the molecule is O=C(CN(C(=O)c1cccc2ccccc12)C1CCCCC1)N(Cc1ccc(F)cc1)Cc1cccs1. The van der Waals surface area contributed by atoms with Gasteiger partial charge in [-0.25, -0.2) is 4.39 Å². The van der Waals surface area contributed by atoms with Gasteiger partial charge < -0.3 is 9.80 Å². The summed E-state index contributed by atoms with van der Waals surface area (Å²) in [6, 6.07) is 24.0. The first kappa shape index (κ1) is 25.2. The Kier molecular flexibility index (Phi) is 7.95. The number of hydrogen-bond acceptors (Lipinski definition) is 3. The van der Waals surface area contributed by atoms with Crippen LogP contribution in [0.3, 0.4) is 0 Å². The van der Waals surface area contributed by atoms with Crippen molar-refractivity contribution < 1.29 is 14.0 Å². The predicted molar refractivity (Wildman–Crippen MR) is 147 cm³/mol. The number of amides is 2. The van der Waals surface area contributed by atoms with Gasteiger partial charge in [-0.1, -0.05) is 73.9 Å². The maximum atomic E-state index is 14.0. The fourth-order valence-electron chi connectivity index (χ4n) is 5.20. The van der Waals surface area contributed by atoms with Crippen LogP contribution >= 0.6 is 11.3 Å². The van der Waals surface area contributed by atoms with Gasteiger partial charge in [0.15, 0.2) is 0 Å². The number of fused-ring (bicyclic) bond motifs is 1. The molecule has 0 atom stereocenters. The van der Waals surface area contributed by atoms with E-state index in [4.69, 9.17) is 0 Å². The summed E-state index contributed by atoms with van der Waals surface area (Å²) < 4.78 is 13.5. The summed E-state index contributed by atoms with van der Waals surface area (Å²) in [4.78, 5) is 32.6. The highest BCUT2D eigenvalue weighted by Gasteiger charge is 2.30. The zero-order valence-electron chi connectivity index (χ0n) is 20.8. The normalized spacial score (nSPS) is 14.0. The number of benzene rings is 3. The first-order valence-corrected chi connectivity index (χ1v) is 13.8. The van der Waals surface area contributed by atoms with Crippen molar-refractivity contribution in [1.29, 1.82) is 0 Å². The molecule has 1 aromatic heterocycles. The van der Waals surface area contributed by atoms with Crippen LogP contribution in [0.4, 0.5) is 4.39 Å². The first-order valence-electron chi connectivity index (χ1n) is 12.9. The average molecular weight is 515 g/mol. The Bertz CT molecular complexity index is 1340. The minimum absolute atomic E-state index is 0.0271. The molecular weight excluding hydrogens is 483 g/mol. The lowest BCUT2D eigenvalue weighted by Crippen LogP contribution is -2.48. The van der Waals surface area contributed by atoms with Gasteiger partial charge in [0, 0.05) is 23.0 Å². The zero-order valence-corrected chi connectivity index (χ0v) is 21.6. The molecule has 1 saturated carbocycles. The van der Waals surface area contributed by atoms with E-state index < -0.39 is 0 Å². The Morgan fingerprint density at radius 3 is 2.35 bits per heavy atom. The molecule has 0 N–H and O–H groups in total. The van der Waals surface area contributed by atoms with Gasteiger partial charge in [-0.15, -0.1) is 11.3 Å². The minimum atomic E-state index is -0.302. The molecule has 1 aliphatic rings. The second-order valence-corrected chi connectivity index (χ2v) is 10.7. The molecule has 0 unspecified atom stereocenters. The van der Waals surface area contributed by atoms with Crippen LogP contribution in [0.15, 0.2) is 84.2 Å². The Balaban J connectivity index is 1.44. The van der Waals surface area contributed by atoms with Crippen molar-refractivity contribution in [2.75, 3.05) is 6.54 Å². The lowest BCUT2D eigenvalue weighted by atomic mass is 9.93. The number of carbonyl (C=O) groups is 2. The molecule has 1 heterocycles. The topological polar surface area (TPSA) is 40.6 Å². The lowest BCUT2D eigenvalue weighted by Gasteiger charge is -2.36. The molecule has 0 spiro atoms. The van der Waals surface area contributed by atoms with Crippen LogP contribution in [-0.2, 0) is 17.9 Å². The first-order chi connectivity index (χ1) is 18.1. The number of hydrogen-bond donors (Lipinski definition) is 0. The van der Waals surface area contributed by atoms with Gasteiger partial charge in [0.1, 0.15) is 12.4 Å². The number of halogens is 1. The molecule has 0 bridgehead atoms. The summed E-state index contributed by atoms with van der Waals surface area (Å²) in [6.45, 7) is 0.839. The van der Waals surface area contributed by atoms with Gasteiger partial charge in [-0.2, -0.15) is 0 Å². The third kappa shape index (κ3) is 6.08. The van der Waals surface area contributed by atoms with Crippen LogP contribution in [0, 0.1) is 5.82 Å². The van der Waals surface area contributed by atoms with Gasteiger partial charge in [-0.3, -0.25) is 9.59 Å². The highest BCUT2D eigenvalue weighted by atomic mass is 32.1. The van der Waals surface area contributed by atoms with E-state index in [0.29, 0.717) is 18.7 Å². The van der Waals surface area contributed by atoms with E-state index in [0.717, 1.165) is 53.3 Å². The summed E-state index contributed by atoms with van der Waals surface area (Å²) in [7, 11) is 0. The molecule has 1 aliphatic carbocycles. The van der Waals surface area contributed by atoms with Crippen LogP contribution in [0.25, 0.3) is 10.8 Å². The van der Waals surface area contributed by atoms with Crippen LogP contribution < -0.4 is 0 Å². The molecule has 3 aromatic carbocycles. The van der Waals surface area contributed by atoms with E-state index in [9.17, 15) is 14.0 Å². The molecular formula is C31H31FN2O2S. The third-order valence-electron chi connectivity index (χ3n) is 7.17. The van der Waals surface area contributed by atoms with E-state index in [1.807, 2.05) is 64.9 Å². The number of thiophene rings is 1. The summed E-state index contributed by atoms with van der Waals surface area (Å²) in [5.74, 6) is -0.490. The van der Waals surface area contributed by atoms with Crippen molar-refractivity contribution in [2.24, 2.45) is 0 Å². The summed E-state index contributed by atoms with van der Waals surface area (Å²) in [6.07, 6.45) is 5.11. The van der Waals surface area contributed by atoms with Crippen molar-refractivity contribution >= 4 is 33.9 Å². The molecule has 1 fully saturated rings. The predicted octanol–water partition coefficient (Wildman–Crippen LogP) is 7.04. The highest BCUT2D eigenvalue weighted by Crippen LogP contribution is 2.27. The molecule has 0 aliphatic heterocycles. The summed E-state index contributed by atoms with van der Waals surface area (Å²) >= 11 is 1.60. The van der Waals surface area contributed by atoms with Gasteiger partial charge in [-0.05, 0) is 58.8 Å². The Hall–Kier alpha value is -3.51. The van der Waals surface area contributed by atoms with Crippen LogP contribution in [0.2, 0.25) is 0 Å². The van der Waals surface area contributed by atoms with Gasteiger partial charge in [0.25, 0.3) is 5.91 Å². The van der Waals surface area contributed by atoms with Crippen molar-refractivity contribution in [2.45, 2.75) is 51.2 Å². The van der Waals surface area contributed by atoms with Crippen molar-refractivity contribution in [3.63, 3.8) is 0 Å². The van der Waals surface area contributed by atoms with Gasteiger partial charge in [0.2, 0.25) is 5.91 Å². The maximum Gasteiger partial charge on any atom is 0.255 e. The molecule has 4 nitrogen and oxygen atoms in total. The summed E-state index contributed by atoms with van der Waals surface area (Å²) in [5, 5.41) is 3.91. The van der Waals surface area contributed by atoms with Gasteiger partial charge >= 0.3 is 0 Å². The Morgan fingerprint density at radius 1 is 0.838 bits per heavy atom. The van der Waals surface area contributed by atoms with Crippen LogP contribution in [-0.4, -0.2) is 34.2 Å². The minimum Gasteiger partial charge on any atom is -0.332 e. The molecule has 0 radical (unpaired) electrons. The largest absolute Gasteiger partial charge is 0.332 e. The van der Waals surface area contributed by atoms with E-state index in [-0.39, 0.29) is 30.2 Å². The van der Waals surface area contributed by atoms with Crippen LogP contribution in [0.1, 0.15) is 52.9 Å². The lowest BCUT2D eigenvalue weighted by molar-refractivity contribution is -0.133. The molecule has 2 amide bonds. The Labute approximate surface area is 221 Å². The monoisotopic (exact) mass is 514 g/mol. The fourth-order valence-corrected chi connectivity index (χ4v) is 5.92. The molecule has 5 rings (SSSR count). The second kappa shape index (κ2) is 11.7. The number of carbonyl (C=O) groups excluding carboxylic acids is 2. The van der Waals surface area contributed by atoms with Gasteiger partial charge in [0.05, 0.1) is 6.54 Å². The number of nitrogens with zero attached hydrogens (tertiary/aromatic N) is 2. The maximum absolute atomic E-state index is 14.0. The smallest absolute Gasteiger partial charge is 0.255 e. The second-order valence-electron chi connectivity index (χ2n) is 9.71. The molecule has 0 saturated heterocycles. The average Bonchev–Trinajstić information content (AvgIpc) is 3.45.